The summed E-state index contributed by atoms with van der Waals surface area (Å²) in [7, 11) is 0. The van der Waals surface area contributed by atoms with Crippen molar-refractivity contribution in [2.75, 3.05) is 37.0 Å². The van der Waals surface area contributed by atoms with Gasteiger partial charge in [0.05, 0.1) is 13.2 Å². The Balaban J connectivity index is 2.27. The first-order valence-corrected chi connectivity index (χ1v) is 6.42. The summed E-state index contributed by atoms with van der Waals surface area (Å²) < 4.78 is 5.44. The van der Waals surface area contributed by atoms with Gasteiger partial charge in [-0.3, -0.25) is 0 Å². The fraction of sp³-hybridized carbons (Fsp3) is 1.00. The van der Waals surface area contributed by atoms with Gasteiger partial charge in [-0.1, -0.05) is 5.11 Å². The average molecular weight is 219 g/mol. The van der Waals surface area contributed by atoms with Crippen LogP contribution >= 0.6 is 23.5 Å². The van der Waals surface area contributed by atoms with Crippen LogP contribution in [0.15, 0.2) is 5.11 Å². The van der Waals surface area contributed by atoms with Crippen molar-refractivity contribution in [3.63, 3.8) is 0 Å². The largest absolute Gasteiger partial charge is 0.379 e. The Labute approximate surface area is 86.4 Å². The highest BCUT2D eigenvalue weighted by Crippen LogP contribution is 2.16. The van der Waals surface area contributed by atoms with E-state index in [0.717, 1.165) is 18.1 Å². The second-order valence-corrected chi connectivity index (χ2v) is 5.23. The van der Waals surface area contributed by atoms with Gasteiger partial charge < -0.3 is 4.74 Å². The topological polar surface area (TPSA) is 58.0 Å². The van der Waals surface area contributed by atoms with Crippen LogP contribution in [0.2, 0.25) is 0 Å². The van der Waals surface area contributed by atoms with Gasteiger partial charge in [0.15, 0.2) is 0 Å². The lowest BCUT2D eigenvalue weighted by molar-refractivity contribution is 0.152. The smallest absolute Gasteiger partial charge is 0.0586 e. The number of hydrogen-bond acceptors (Lipinski definition) is 4. The van der Waals surface area contributed by atoms with E-state index in [9.17, 15) is 0 Å². The summed E-state index contributed by atoms with van der Waals surface area (Å²) in [6.07, 6.45) is 0. The molecule has 1 aliphatic rings. The molecule has 0 saturated carbocycles. The summed E-state index contributed by atoms with van der Waals surface area (Å²) in [5.74, 6) is 3.37. The van der Waals surface area contributed by atoms with Gasteiger partial charge in [0, 0.05) is 34.0 Å². The first-order valence-electron chi connectivity index (χ1n) is 4.21. The molecule has 1 rings (SSSR count). The molecule has 1 atom stereocenters. The molecule has 1 fully saturated rings. The number of nitrogens with zero attached hydrogens (tertiary/aromatic N) is 3. The maximum absolute atomic E-state index is 8.18. The third-order valence-corrected chi connectivity index (χ3v) is 4.01. The monoisotopic (exact) mass is 219 g/mol. The van der Waals surface area contributed by atoms with Crippen molar-refractivity contribution in [3.8, 4) is 0 Å². The number of thioether (sulfide) groups is 2. The molecule has 13 heavy (non-hydrogen) atoms. The maximum Gasteiger partial charge on any atom is 0.0586 e. The van der Waals surface area contributed by atoms with Crippen LogP contribution < -0.4 is 0 Å². The highest BCUT2D eigenvalue weighted by Gasteiger charge is 2.09. The Hall–Kier alpha value is -0.0300. The van der Waals surface area contributed by atoms with Gasteiger partial charge in [-0.2, -0.15) is 23.5 Å². The minimum atomic E-state index is 0.342. The molecule has 0 aromatic carbocycles. The van der Waals surface area contributed by atoms with E-state index in [1.54, 1.807) is 0 Å². The van der Waals surface area contributed by atoms with Gasteiger partial charge >= 0.3 is 0 Å². The van der Waals surface area contributed by atoms with Crippen molar-refractivity contribution in [2.45, 2.75) is 5.25 Å². The molecule has 4 nitrogen and oxygen atoms in total. The number of rotatable bonds is 2. The van der Waals surface area contributed by atoms with E-state index in [1.165, 1.54) is 5.75 Å². The fourth-order valence-corrected chi connectivity index (χ4v) is 2.98. The zero-order valence-electron chi connectivity index (χ0n) is 7.39. The third kappa shape index (κ3) is 5.31. The van der Waals surface area contributed by atoms with Crippen LogP contribution in [0, 0.1) is 0 Å². The van der Waals surface area contributed by atoms with E-state index in [2.05, 4.69) is 10.0 Å². The Kier molecular flexibility index (Phi) is 6.27. The van der Waals surface area contributed by atoms with Crippen molar-refractivity contribution < 1.29 is 4.74 Å². The van der Waals surface area contributed by atoms with E-state index < -0.39 is 0 Å². The van der Waals surface area contributed by atoms with Crippen molar-refractivity contribution in [3.05, 3.63) is 10.4 Å². The molecular weight excluding hydrogens is 206 g/mol. The summed E-state index contributed by atoms with van der Waals surface area (Å²) in [5.41, 5.74) is 8.18. The molecule has 0 aromatic rings. The molecular formula is C7H13N3OS2. The van der Waals surface area contributed by atoms with Gasteiger partial charge in [-0.15, -0.1) is 0 Å². The van der Waals surface area contributed by atoms with Crippen LogP contribution in [0.4, 0.5) is 0 Å². The number of azide groups is 1. The second kappa shape index (κ2) is 7.38. The first-order chi connectivity index (χ1) is 6.43. The Morgan fingerprint density at radius 2 is 2.38 bits per heavy atom. The summed E-state index contributed by atoms with van der Waals surface area (Å²) in [4.78, 5) is 2.76. The molecule has 0 N–H and O–H groups in total. The molecule has 1 saturated heterocycles. The maximum atomic E-state index is 8.18. The van der Waals surface area contributed by atoms with Crippen LogP contribution in [-0.2, 0) is 4.74 Å². The van der Waals surface area contributed by atoms with Gasteiger partial charge in [-0.05, 0) is 5.53 Å². The van der Waals surface area contributed by atoms with Crippen LogP contribution in [0.25, 0.3) is 10.4 Å². The van der Waals surface area contributed by atoms with Crippen LogP contribution in [0.1, 0.15) is 0 Å². The lowest BCUT2D eigenvalue weighted by Gasteiger charge is -2.11. The van der Waals surface area contributed by atoms with Crippen molar-refractivity contribution in [2.24, 2.45) is 5.11 Å². The molecule has 0 bridgehead atoms. The van der Waals surface area contributed by atoms with Gasteiger partial charge in [0.1, 0.15) is 0 Å². The number of hydrogen-bond donors (Lipinski definition) is 0. The molecule has 1 aliphatic heterocycles. The summed E-state index contributed by atoms with van der Waals surface area (Å²) in [6, 6.07) is 0. The van der Waals surface area contributed by atoms with Crippen molar-refractivity contribution >= 4 is 23.5 Å². The molecule has 0 amide bonds. The lowest BCUT2D eigenvalue weighted by Crippen LogP contribution is -2.16. The van der Waals surface area contributed by atoms with E-state index >= 15 is 0 Å². The molecule has 0 aliphatic carbocycles. The number of ether oxygens (including phenoxy) is 1. The molecule has 74 valence electrons. The minimum absolute atomic E-state index is 0.342. The normalized spacial score (nSPS) is 25.1. The molecule has 1 heterocycles. The van der Waals surface area contributed by atoms with Crippen molar-refractivity contribution in [1.29, 1.82) is 0 Å². The zero-order valence-corrected chi connectivity index (χ0v) is 9.02. The van der Waals surface area contributed by atoms with Crippen molar-refractivity contribution in [1.82, 2.24) is 0 Å². The predicted molar refractivity (Wildman–Crippen MR) is 58.4 cm³/mol. The molecule has 0 spiro atoms. The Bertz CT molecular complexity index is 175. The predicted octanol–water partition coefficient (Wildman–Crippen LogP) is 2.16. The molecule has 0 aromatic heterocycles. The average Bonchev–Trinajstić information content (AvgIpc) is 2.28. The van der Waals surface area contributed by atoms with Gasteiger partial charge in [-0.25, -0.2) is 0 Å². The van der Waals surface area contributed by atoms with Crippen LogP contribution in [-0.4, -0.2) is 42.3 Å². The molecule has 0 radical (unpaired) electrons. The van der Waals surface area contributed by atoms with E-state index in [0.29, 0.717) is 18.4 Å². The van der Waals surface area contributed by atoms with Gasteiger partial charge in [0.25, 0.3) is 0 Å². The van der Waals surface area contributed by atoms with Crippen LogP contribution in [0.3, 0.4) is 0 Å². The SMILES string of the molecule is [N-]=[N+]=NCC1COCCSCCS1. The summed E-state index contributed by atoms with van der Waals surface area (Å²) in [6.45, 7) is 2.08. The van der Waals surface area contributed by atoms with E-state index in [4.69, 9.17) is 10.3 Å². The quantitative estimate of drug-likeness (QED) is 0.406. The highest BCUT2D eigenvalue weighted by atomic mass is 32.2. The highest BCUT2D eigenvalue weighted by molar-refractivity contribution is 8.03. The van der Waals surface area contributed by atoms with E-state index in [1.807, 2.05) is 23.5 Å². The Morgan fingerprint density at radius 1 is 1.46 bits per heavy atom. The standard InChI is InChI=1S/C7H13N3OS2/c8-10-9-5-7-6-11-1-2-12-3-4-13-7/h7H,1-6H2. The summed E-state index contributed by atoms with van der Waals surface area (Å²) in [5, 5.41) is 3.91. The Morgan fingerprint density at radius 3 is 3.23 bits per heavy atom. The van der Waals surface area contributed by atoms with E-state index in [-0.39, 0.29) is 0 Å². The third-order valence-electron chi connectivity index (χ3n) is 1.61. The first kappa shape index (κ1) is 11.0. The molecule has 1 unspecified atom stereocenters. The lowest BCUT2D eigenvalue weighted by atomic mass is 10.4. The minimum Gasteiger partial charge on any atom is -0.379 e. The van der Waals surface area contributed by atoms with Crippen LogP contribution in [0.5, 0.6) is 0 Å². The molecule has 6 heteroatoms. The summed E-state index contributed by atoms with van der Waals surface area (Å²) >= 11 is 3.76. The van der Waals surface area contributed by atoms with Gasteiger partial charge in [0.2, 0.25) is 0 Å². The second-order valence-electron chi connectivity index (χ2n) is 2.59. The fourth-order valence-electron chi connectivity index (χ4n) is 0.990. The zero-order chi connectivity index (χ0) is 9.36.